The van der Waals surface area contributed by atoms with Crippen molar-refractivity contribution in [3.8, 4) is 28.3 Å². The zero-order valence-electron chi connectivity index (χ0n) is 23.8. The molecule has 3 nitrogen and oxygen atoms in total. The smallest absolute Gasteiger partial charge is 0.143 e. The fourth-order valence-corrected chi connectivity index (χ4v) is 6.74. The highest BCUT2D eigenvalue weighted by Gasteiger charge is 2.19. The molecular weight excluding hydrogens is 536 g/mol. The van der Waals surface area contributed by atoms with Crippen molar-refractivity contribution in [2.24, 2.45) is 0 Å². The van der Waals surface area contributed by atoms with Gasteiger partial charge in [-0.15, -0.1) is 0 Å². The molecule has 0 aliphatic rings. The van der Waals surface area contributed by atoms with Crippen LogP contribution in [0, 0.1) is 0 Å². The Balaban J connectivity index is 1.26. The maximum atomic E-state index is 6.90. The van der Waals surface area contributed by atoms with Gasteiger partial charge in [0.15, 0.2) is 0 Å². The summed E-state index contributed by atoms with van der Waals surface area (Å²) in [5.41, 5.74) is 5.80. The average Bonchev–Trinajstić information content (AvgIpc) is 3.42. The number of hydrogen-bond acceptors (Lipinski definition) is 2. The zero-order valence-corrected chi connectivity index (χ0v) is 23.8. The van der Waals surface area contributed by atoms with Crippen LogP contribution in [0.5, 0.6) is 11.5 Å². The van der Waals surface area contributed by atoms with Crippen molar-refractivity contribution in [2.75, 3.05) is 0 Å². The van der Waals surface area contributed by atoms with Gasteiger partial charge in [-0.3, -0.25) is 4.98 Å². The number of hydrogen-bond donors (Lipinski definition) is 0. The minimum Gasteiger partial charge on any atom is -0.456 e. The van der Waals surface area contributed by atoms with Gasteiger partial charge in [0.25, 0.3) is 0 Å². The van der Waals surface area contributed by atoms with Crippen LogP contribution < -0.4 is 4.74 Å². The van der Waals surface area contributed by atoms with Crippen LogP contribution in [0.2, 0.25) is 0 Å². The summed E-state index contributed by atoms with van der Waals surface area (Å²) >= 11 is 0. The molecule has 7 aromatic carbocycles. The van der Waals surface area contributed by atoms with Crippen LogP contribution in [0.15, 0.2) is 158 Å². The van der Waals surface area contributed by atoms with Gasteiger partial charge in [-0.25, -0.2) is 0 Å². The molecule has 0 atom stereocenters. The standard InChI is InChI=1S/C41H26N2O/c1-2-12-30(13-3-1)43-38-17-9-8-14-32(38)36-25-31(20-21-39(36)43)44-41-34-16-7-6-15-33(34)40(37-26-42-23-22-35(37)41)29-19-18-27-10-4-5-11-28(27)24-29/h1-26H. The lowest BCUT2D eigenvalue weighted by Crippen LogP contribution is -1.94. The molecule has 44 heavy (non-hydrogen) atoms. The van der Waals surface area contributed by atoms with E-state index in [9.17, 15) is 0 Å². The van der Waals surface area contributed by atoms with Crippen molar-refractivity contribution < 1.29 is 4.74 Å². The normalized spacial score (nSPS) is 11.6. The molecule has 0 aliphatic heterocycles. The second kappa shape index (κ2) is 9.82. The number of benzene rings is 7. The van der Waals surface area contributed by atoms with Crippen LogP contribution >= 0.6 is 0 Å². The Labute approximate surface area is 254 Å². The van der Waals surface area contributed by atoms with E-state index >= 15 is 0 Å². The third-order valence-electron chi connectivity index (χ3n) is 8.69. The second-order valence-corrected chi connectivity index (χ2v) is 11.2. The molecule has 0 saturated heterocycles. The molecule has 0 aliphatic carbocycles. The molecule has 0 fully saturated rings. The molecule has 0 spiro atoms. The van der Waals surface area contributed by atoms with Crippen molar-refractivity contribution in [3.63, 3.8) is 0 Å². The number of para-hydroxylation sites is 2. The van der Waals surface area contributed by atoms with Gasteiger partial charge >= 0.3 is 0 Å². The van der Waals surface area contributed by atoms with E-state index in [2.05, 4.69) is 155 Å². The van der Waals surface area contributed by atoms with Gasteiger partial charge in [-0.2, -0.15) is 0 Å². The molecule has 2 aromatic heterocycles. The van der Waals surface area contributed by atoms with Crippen LogP contribution in [0.1, 0.15) is 0 Å². The van der Waals surface area contributed by atoms with E-state index in [0.717, 1.165) is 49.6 Å². The quantitative estimate of drug-likeness (QED) is 0.200. The lowest BCUT2D eigenvalue weighted by molar-refractivity contribution is 0.494. The molecule has 0 radical (unpaired) electrons. The Morgan fingerprint density at radius 2 is 1.18 bits per heavy atom. The first-order valence-electron chi connectivity index (χ1n) is 14.9. The van der Waals surface area contributed by atoms with Crippen molar-refractivity contribution in [1.82, 2.24) is 9.55 Å². The maximum absolute atomic E-state index is 6.90. The summed E-state index contributed by atoms with van der Waals surface area (Å²) in [5, 5.41) is 9.11. The third kappa shape index (κ3) is 3.80. The van der Waals surface area contributed by atoms with Crippen molar-refractivity contribution in [3.05, 3.63) is 158 Å². The second-order valence-electron chi connectivity index (χ2n) is 11.2. The predicted molar refractivity (Wildman–Crippen MR) is 183 cm³/mol. The van der Waals surface area contributed by atoms with Crippen molar-refractivity contribution >= 4 is 54.1 Å². The minimum absolute atomic E-state index is 0.801. The number of rotatable bonds is 4. The maximum Gasteiger partial charge on any atom is 0.143 e. The molecule has 0 saturated carbocycles. The van der Waals surface area contributed by atoms with Crippen LogP contribution in [0.25, 0.3) is 70.9 Å². The molecule has 0 bridgehead atoms. The summed E-state index contributed by atoms with van der Waals surface area (Å²) in [7, 11) is 0. The van der Waals surface area contributed by atoms with Gasteiger partial charge in [0.05, 0.1) is 11.0 Å². The zero-order chi connectivity index (χ0) is 29.0. The molecule has 0 amide bonds. The molecule has 0 N–H and O–H groups in total. The van der Waals surface area contributed by atoms with Crippen molar-refractivity contribution in [1.29, 1.82) is 0 Å². The number of aromatic nitrogens is 2. The fraction of sp³-hybridized carbons (Fsp3) is 0. The van der Waals surface area contributed by atoms with E-state index in [4.69, 9.17) is 4.74 Å². The third-order valence-corrected chi connectivity index (χ3v) is 8.69. The minimum atomic E-state index is 0.801. The Morgan fingerprint density at radius 3 is 2.07 bits per heavy atom. The van der Waals surface area contributed by atoms with E-state index in [1.165, 1.54) is 32.8 Å². The molecule has 3 heteroatoms. The number of pyridine rings is 1. The summed E-state index contributed by atoms with van der Waals surface area (Å²) in [6.45, 7) is 0. The first-order chi connectivity index (χ1) is 21.8. The summed E-state index contributed by atoms with van der Waals surface area (Å²) in [6.07, 6.45) is 3.82. The highest BCUT2D eigenvalue weighted by Crippen LogP contribution is 2.45. The number of nitrogens with zero attached hydrogens (tertiary/aromatic N) is 2. The Hall–Kier alpha value is -5.93. The van der Waals surface area contributed by atoms with Gasteiger partial charge in [-0.1, -0.05) is 97.1 Å². The largest absolute Gasteiger partial charge is 0.456 e. The Bertz CT molecular complexity index is 2470. The molecule has 9 aromatic rings. The van der Waals surface area contributed by atoms with Gasteiger partial charge in [0, 0.05) is 45.0 Å². The van der Waals surface area contributed by atoms with Gasteiger partial charge in [0.2, 0.25) is 0 Å². The number of ether oxygens (including phenoxy) is 1. The van der Waals surface area contributed by atoms with E-state index in [0.29, 0.717) is 0 Å². The Kier molecular flexibility index (Phi) is 5.50. The highest BCUT2D eigenvalue weighted by molar-refractivity contribution is 6.17. The molecule has 9 rings (SSSR count). The monoisotopic (exact) mass is 562 g/mol. The van der Waals surface area contributed by atoms with Crippen LogP contribution in [0.3, 0.4) is 0 Å². The average molecular weight is 563 g/mol. The van der Waals surface area contributed by atoms with Gasteiger partial charge < -0.3 is 9.30 Å². The molecule has 0 unspecified atom stereocenters. The highest BCUT2D eigenvalue weighted by atomic mass is 16.5. The molecular formula is C41H26N2O. The Morgan fingerprint density at radius 1 is 0.477 bits per heavy atom. The van der Waals surface area contributed by atoms with E-state index < -0.39 is 0 Å². The van der Waals surface area contributed by atoms with Gasteiger partial charge in [-0.05, 0) is 75.8 Å². The summed E-state index contributed by atoms with van der Waals surface area (Å²) in [5.74, 6) is 1.64. The topological polar surface area (TPSA) is 27.1 Å². The van der Waals surface area contributed by atoms with Crippen molar-refractivity contribution in [2.45, 2.75) is 0 Å². The summed E-state index contributed by atoms with van der Waals surface area (Å²) in [6, 6.07) is 51.3. The molecule has 206 valence electrons. The number of fused-ring (bicyclic) bond motifs is 6. The van der Waals surface area contributed by atoms with Crippen LogP contribution in [-0.4, -0.2) is 9.55 Å². The van der Waals surface area contributed by atoms with E-state index in [1.54, 1.807) is 0 Å². The first kappa shape index (κ1) is 24.6. The first-order valence-corrected chi connectivity index (χ1v) is 14.9. The SMILES string of the molecule is c1ccc(-n2c3ccccc3c3cc(Oc4c5ccccc5c(-c5ccc6ccccc6c5)c5cnccc45)ccc32)cc1. The van der Waals surface area contributed by atoms with Crippen LogP contribution in [0.4, 0.5) is 0 Å². The lowest BCUT2D eigenvalue weighted by Gasteiger charge is -2.18. The van der Waals surface area contributed by atoms with Crippen LogP contribution in [-0.2, 0) is 0 Å². The summed E-state index contributed by atoms with van der Waals surface area (Å²) < 4.78 is 9.22. The lowest BCUT2D eigenvalue weighted by atomic mass is 9.91. The fourth-order valence-electron chi connectivity index (χ4n) is 6.74. The molecule has 2 heterocycles. The van der Waals surface area contributed by atoms with Gasteiger partial charge in [0.1, 0.15) is 11.5 Å². The predicted octanol–water partition coefficient (Wildman–Crippen LogP) is 11.1. The van der Waals surface area contributed by atoms with E-state index in [-0.39, 0.29) is 0 Å². The summed E-state index contributed by atoms with van der Waals surface area (Å²) in [4.78, 5) is 4.56. The van der Waals surface area contributed by atoms with E-state index in [1.807, 2.05) is 12.4 Å².